The highest BCUT2D eigenvalue weighted by Crippen LogP contribution is 2.30. The number of rotatable bonds is 2. The van der Waals surface area contributed by atoms with Gasteiger partial charge in [-0.15, -0.1) is 0 Å². The zero-order valence-electron chi connectivity index (χ0n) is 11.2. The Morgan fingerprint density at radius 3 is 2.00 bits per heavy atom. The topological polar surface area (TPSA) is 49.3 Å². The fourth-order valence-electron chi connectivity index (χ4n) is 1.13. The van der Waals surface area contributed by atoms with Crippen LogP contribution in [-0.4, -0.2) is 11.0 Å². The molecule has 3 heteroatoms. The van der Waals surface area contributed by atoms with E-state index in [4.69, 9.17) is 5.11 Å². The molecule has 1 aliphatic carbocycles. The van der Waals surface area contributed by atoms with Crippen molar-refractivity contribution < 1.29 is 9.90 Å². The van der Waals surface area contributed by atoms with E-state index in [1.165, 1.54) is 0 Å². The van der Waals surface area contributed by atoms with Gasteiger partial charge in [-0.2, -0.15) is 0 Å². The monoisotopic (exact) mass is 237 g/mol. The number of phenols is 1. The molecule has 0 aliphatic heterocycles. The second-order valence-corrected chi connectivity index (χ2v) is 3.31. The molecule has 0 bridgehead atoms. The third-order valence-corrected chi connectivity index (χ3v) is 2.08. The molecular weight excluding hydrogens is 214 g/mol. The summed E-state index contributed by atoms with van der Waals surface area (Å²) in [5.74, 6) is 0.518. The van der Waals surface area contributed by atoms with Gasteiger partial charge in [0.15, 0.2) is 0 Å². The molecule has 1 aliphatic rings. The van der Waals surface area contributed by atoms with Crippen molar-refractivity contribution in [1.29, 1.82) is 0 Å². The van der Waals surface area contributed by atoms with Crippen LogP contribution in [0.15, 0.2) is 24.3 Å². The molecule has 2 rings (SSSR count). The number of hydrogen-bond acceptors (Lipinski definition) is 2. The fourth-order valence-corrected chi connectivity index (χ4v) is 1.13. The molecule has 1 amide bonds. The average Bonchev–Trinajstić information content (AvgIpc) is 3.21. The molecule has 2 N–H and O–H groups in total. The molecular formula is C14H23NO2. The van der Waals surface area contributed by atoms with Gasteiger partial charge in [0.05, 0.1) is 0 Å². The van der Waals surface area contributed by atoms with Crippen LogP contribution in [-0.2, 0) is 4.79 Å². The normalized spacial score (nSPS) is 12.5. The first-order valence-electron chi connectivity index (χ1n) is 6.35. The van der Waals surface area contributed by atoms with Crippen LogP contribution in [0.1, 0.15) is 40.5 Å². The van der Waals surface area contributed by atoms with Crippen molar-refractivity contribution in [3.63, 3.8) is 0 Å². The SMILES string of the molecule is CC.CC.O=C(Nc1ccc(O)cc1)C1CC1. The maximum absolute atomic E-state index is 11.3. The van der Waals surface area contributed by atoms with Gasteiger partial charge >= 0.3 is 0 Å². The van der Waals surface area contributed by atoms with E-state index in [2.05, 4.69) is 5.32 Å². The Morgan fingerprint density at radius 2 is 1.59 bits per heavy atom. The Hall–Kier alpha value is -1.51. The summed E-state index contributed by atoms with van der Waals surface area (Å²) in [6.45, 7) is 8.00. The van der Waals surface area contributed by atoms with Crippen LogP contribution >= 0.6 is 0 Å². The molecule has 17 heavy (non-hydrogen) atoms. The summed E-state index contributed by atoms with van der Waals surface area (Å²) in [5.41, 5.74) is 0.745. The zero-order chi connectivity index (χ0) is 13.3. The van der Waals surface area contributed by atoms with Gasteiger partial charge in [-0.3, -0.25) is 4.79 Å². The van der Waals surface area contributed by atoms with Gasteiger partial charge in [0, 0.05) is 11.6 Å². The van der Waals surface area contributed by atoms with Crippen molar-refractivity contribution >= 4 is 11.6 Å². The van der Waals surface area contributed by atoms with Gasteiger partial charge in [-0.25, -0.2) is 0 Å². The van der Waals surface area contributed by atoms with Crippen LogP contribution in [0.2, 0.25) is 0 Å². The van der Waals surface area contributed by atoms with Crippen LogP contribution in [0.5, 0.6) is 5.75 Å². The molecule has 96 valence electrons. The molecule has 1 aromatic carbocycles. The molecule has 0 aromatic heterocycles. The summed E-state index contributed by atoms with van der Waals surface area (Å²) in [6, 6.07) is 6.50. The number of aromatic hydroxyl groups is 1. The van der Waals surface area contributed by atoms with Crippen LogP contribution in [0.3, 0.4) is 0 Å². The van der Waals surface area contributed by atoms with Crippen molar-refractivity contribution in [2.24, 2.45) is 5.92 Å². The van der Waals surface area contributed by atoms with Crippen molar-refractivity contribution in [3.05, 3.63) is 24.3 Å². The number of carbonyl (C=O) groups excluding carboxylic acids is 1. The number of carbonyl (C=O) groups is 1. The van der Waals surface area contributed by atoms with E-state index in [9.17, 15) is 4.79 Å². The van der Waals surface area contributed by atoms with Crippen LogP contribution < -0.4 is 5.32 Å². The summed E-state index contributed by atoms with van der Waals surface area (Å²) >= 11 is 0. The first kappa shape index (κ1) is 15.5. The minimum absolute atomic E-state index is 0.0886. The molecule has 1 saturated carbocycles. The molecule has 0 atom stereocenters. The Kier molecular flexibility index (Phi) is 7.85. The Bertz CT molecular complexity index is 315. The van der Waals surface area contributed by atoms with E-state index < -0.39 is 0 Å². The minimum atomic E-state index is 0.0886. The van der Waals surface area contributed by atoms with Crippen molar-refractivity contribution in [2.75, 3.05) is 5.32 Å². The first-order valence-corrected chi connectivity index (χ1v) is 6.35. The largest absolute Gasteiger partial charge is 0.508 e. The van der Waals surface area contributed by atoms with E-state index in [-0.39, 0.29) is 17.6 Å². The lowest BCUT2D eigenvalue weighted by atomic mass is 10.3. The predicted octanol–water partition coefficient (Wildman–Crippen LogP) is 3.79. The van der Waals surface area contributed by atoms with Gasteiger partial charge in [-0.05, 0) is 37.1 Å². The average molecular weight is 237 g/mol. The van der Waals surface area contributed by atoms with Crippen LogP contribution in [0, 0.1) is 5.92 Å². The summed E-state index contributed by atoms with van der Waals surface area (Å²) < 4.78 is 0. The third-order valence-electron chi connectivity index (χ3n) is 2.08. The number of amides is 1. The lowest BCUT2D eigenvalue weighted by molar-refractivity contribution is -0.117. The molecule has 0 saturated heterocycles. The second kappa shape index (κ2) is 8.62. The zero-order valence-corrected chi connectivity index (χ0v) is 11.2. The smallest absolute Gasteiger partial charge is 0.227 e. The maximum Gasteiger partial charge on any atom is 0.227 e. The van der Waals surface area contributed by atoms with Crippen molar-refractivity contribution in [3.8, 4) is 5.75 Å². The van der Waals surface area contributed by atoms with Gasteiger partial charge in [-0.1, -0.05) is 27.7 Å². The number of nitrogens with one attached hydrogen (secondary N) is 1. The molecule has 0 spiro atoms. The summed E-state index contributed by atoms with van der Waals surface area (Å²) in [5, 5.41) is 11.8. The van der Waals surface area contributed by atoms with Gasteiger partial charge in [0.25, 0.3) is 0 Å². The van der Waals surface area contributed by atoms with Gasteiger partial charge in [0.1, 0.15) is 5.75 Å². The maximum atomic E-state index is 11.3. The standard InChI is InChI=1S/C10H11NO2.2C2H6/c12-9-5-3-8(4-6-9)11-10(13)7-1-2-7;2*1-2/h3-7,12H,1-2H2,(H,11,13);2*1-2H3. The Morgan fingerprint density at radius 1 is 1.12 bits per heavy atom. The van der Waals surface area contributed by atoms with Crippen LogP contribution in [0.4, 0.5) is 5.69 Å². The first-order chi connectivity index (χ1) is 8.25. The minimum Gasteiger partial charge on any atom is -0.508 e. The molecule has 0 radical (unpaired) electrons. The quantitative estimate of drug-likeness (QED) is 0.769. The Labute approximate surface area is 104 Å². The van der Waals surface area contributed by atoms with Gasteiger partial charge < -0.3 is 10.4 Å². The van der Waals surface area contributed by atoms with Crippen molar-refractivity contribution in [2.45, 2.75) is 40.5 Å². The lowest BCUT2D eigenvalue weighted by Gasteiger charge is -2.03. The van der Waals surface area contributed by atoms with Crippen molar-refractivity contribution in [1.82, 2.24) is 0 Å². The number of benzene rings is 1. The third kappa shape index (κ3) is 5.95. The van der Waals surface area contributed by atoms with E-state index in [1.54, 1.807) is 24.3 Å². The number of hydrogen-bond donors (Lipinski definition) is 2. The molecule has 1 fully saturated rings. The highest BCUT2D eigenvalue weighted by molar-refractivity contribution is 5.94. The molecule has 0 heterocycles. The second-order valence-electron chi connectivity index (χ2n) is 3.31. The lowest BCUT2D eigenvalue weighted by Crippen LogP contribution is -2.12. The Balaban J connectivity index is 0.000000581. The van der Waals surface area contributed by atoms with E-state index in [1.807, 2.05) is 27.7 Å². The molecule has 3 nitrogen and oxygen atoms in total. The predicted molar refractivity (Wildman–Crippen MR) is 72.2 cm³/mol. The summed E-state index contributed by atoms with van der Waals surface area (Å²) in [7, 11) is 0. The van der Waals surface area contributed by atoms with Gasteiger partial charge in [0.2, 0.25) is 5.91 Å². The molecule has 0 unspecified atom stereocenters. The van der Waals surface area contributed by atoms with E-state index >= 15 is 0 Å². The fraction of sp³-hybridized carbons (Fsp3) is 0.500. The van der Waals surface area contributed by atoms with E-state index in [0.29, 0.717) is 0 Å². The molecule has 1 aromatic rings. The summed E-state index contributed by atoms with van der Waals surface area (Å²) in [6.07, 6.45) is 2.01. The summed E-state index contributed by atoms with van der Waals surface area (Å²) in [4.78, 5) is 11.3. The number of phenolic OH excluding ortho intramolecular Hbond substituents is 1. The van der Waals surface area contributed by atoms with Crippen LogP contribution in [0.25, 0.3) is 0 Å². The highest BCUT2D eigenvalue weighted by atomic mass is 16.3. The highest BCUT2D eigenvalue weighted by Gasteiger charge is 2.29. The van der Waals surface area contributed by atoms with E-state index in [0.717, 1.165) is 18.5 Å². The number of anilines is 1.